The van der Waals surface area contributed by atoms with Crippen molar-refractivity contribution in [1.29, 1.82) is 0 Å². The summed E-state index contributed by atoms with van der Waals surface area (Å²) < 4.78 is 11.9. The van der Waals surface area contributed by atoms with Crippen molar-refractivity contribution in [3.8, 4) is 17.2 Å². The Morgan fingerprint density at radius 3 is 2.19 bits per heavy atom. The number of ether oxygens (including phenoxy) is 2. The van der Waals surface area contributed by atoms with Crippen LogP contribution in [0.3, 0.4) is 0 Å². The van der Waals surface area contributed by atoms with E-state index in [1.54, 1.807) is 50.6 Å². The molecule has 1 aromatic heterocycles. The van der Waals surface area contributed by atoms with Crippen LogP contribution in [-0.4, -0.2) is 72.4 Å². The lowest BCUT2D eigenvalue weighted by molar-refractivity contribution is 0.0632. The second-order valence-corrected chi connectivity index (χ2v) is 7.82. The second kappa shape index (κ2) is 9.40. The fourth-order valence-corrected chi connectivity index (χ4v) is 4.08. The molecular weight excluding hydrogens is 408 g/mol. The second-order valence-electron chi connectivity index (χ2n) is 7.82. The van der Waals surface area contributed by atoms with Crippen LogP contribution in [0.1, 0.15) is 23.8 Å². The van der Waals surface area contributed by atoms with Crippen LogP contribution in [0.5, 0.6) is 11.5 Å². The minimum absolute atomic E-state index is 0.166. The fourth-order valence-electron chi connectivity index (χ4n) is 4.08. The summed E-state index contributed by atoms with van der Waals surface area (Å²) in [6.07, 6.45) is 1.09. The first-order valence-corrected chi connectivity index (χ1v) is 10.8. The van der Waals surface area contributed by atoms with Gasteiger partial charge in [0.25, 0.3) is 11.5 Å². The third-order valence-electron chi connectivity index (χ3n) is 5.79. The van der Waals surface area contributed by atoms with Crippen LogP contribution in [0, 0.1) is 0 Å². The number of piperazine rings is 1. The van der Waals surface area contributed by atoms with E-state index in [1.165, 1.54) is 4.68 Å². The summed E-state index contributed by atoms with van der Waals surface area (Å²) in [5.41, 5.74) is 0.435. The van der Waals surface area contributed by atoms with Crippen LogP contribution in [0.4, 0.5) is 0 Å². The predicted octanol–water partition coefficient (Wildman–Crippen LogP) is 2.57. The quantitative estimate of drug-likeness (QED) is 0.591. The molecule has 0 N–H and O–H groups in total. The summed E-state index contributed by atoms with van der Waals surface area (Å²) in [5.74, 6) is 0.892. The average Bonchev–Trinajstić information content (AvgIpc) is 2.84. The van der Waals surface area contributed by atoms with Crippen molar-refractivity contribution in [1.82, 2.24) is 19.6 Å². The van der Waals surface area contributed by atoms with Gasteiger partial charge in [0, 0.05) is 49.8 Å². The van der Waals surface area contributed by atoms with Gasteiger partial charge in [-0.3, -0.25) is 14.5 Å². The molecule has 1 aliphatic heterocycles. The number of hydrogen-bond acceptors (Lipinski definition) is 6. The zero-order chi connectivity index (χ0) is 22.7. The van der Waals surface area contributed by atoms with Crippen LogP contribution >= 0.6 is 0 Å². The number of nitrogens with zero attached hydrogens (tertiary/aromatic N) is 4. The minimum atomic E-state index is -0.305. The van der Waals surface area contributed by atoms with Gasteiger partial charge in [-0.2, -0.15) is 9.78 Å². The van der Waals surface area contributed by atoms with E-state index in [0.29, 0.717) is 41.0 Å². The van der Waals surface area contributed by atoms with Gasteiger partial charge in [0.2, 0.25) is 0 Å². The molecule has 8 heteroatoms. The summed E-state index contributed by atoms with van der Waals surface area (Å²) in [4.78, 5) is 31.0. The molecule has 0 atom stereocenters. The fraction of sp³-hybridized carbons (Fsp3) is 0.375. The lowest BCUT2D eigenvalue weighted by Crippen LogP contribution is -2.49. The van der Waals surface area contributed by atoms with E-state index in [9.17, 15) is 9.59 Å². The number of amides is 1. The Kier molecular flexibility index (Phi) is 6.41. The minimum Gasteiger partial charge on any atom is -0.497 e. The van der Waals surface area contributed by atoms with Gasteiger partial charge in [0.1, 0.15) is 11.5 Å². The van der Waals surface area contributed by atoms with Crippen molar-refractivity contribution in [3.05, 3.63) is 58.5 Å². The highest BCUT2D eigenvalue weighted by molar-refractivity contribution is 6.04. The van der Waals surface area contributed by atoms with Gasteiger partial charge in [0.15, 0.2) is 5.69 Å². The molecule has 2 heterocycles. The van der Waals surface area contributed by atoms with Gasteiger partial charge in [-0.15, -0.1) is 0 Å². The predicted molar refractivity (Wildman–Crippen MR) is 123 cm³/mol. The number of aromatic nitrogens is 2. The summed E-state index contributed by atoms with van der Waals surface area (Å²) in [5, 5.41) is 5.54. The Morgan fingerprint density at radius 1 is 0.969 bits per heavy atom. The Balaban J connectivity index is 1.80. The van der Waals surface area contributed by atoms with Gasteiger partial charge in [0.05, 0.1) is 25.3 Å². The van der Waals surface area contributed by atoms with E-state index in [1.807, 2.05) is 11.0 Å². The molecule has 0 bridgehead atoms. The molecular formula is C24H28N4O4. The lowest BCUT2D eigenvalue weighted by atomic mass is 10.1. The molecule has 0 radical (unpaired) electrons. The van der Waals surface area contributed by atoms with E-state index >= 15 is 0 Å². The maximum absolute atomic E-state index is 13.5. The van der Waals surface area contributed by atoms with Crippen LogP contribution in [0.15, 0.2) is 47.3 Å². The summed E-state index contributed by atoms with van der Waals surface area (Å²) in [7, 11) is 3.09. The first kappa shape index (κ1) is 21.8. The molecule has 8 nitrogen and oxygen atoms in total. The average molecular weight is 437 g/mol. The molecule has 0 unspecified atom stereocenters. The summed E-state index contributed by atoms with van der Waals surface area (Å²) >= 11 is 0. The Hall–Kier alpha value is -3.39. The monoisotopic (exact) mass is 436 g/mol. The zero-order valence-electron chi connectivity index (χ0n) is 18.7. The molecule has 2 aromatic carbocycles. The molecule has 0 aliphatic carbocycles. The van der Waals surface area contributed by atoms with Crippen LogP contribution in [0.25, 0.3) is 16.5 Å². The number of rotatable bonds is 6. The first-order chi connectivity index (χ1) is 15.5. The highest BCUT2D eigenvalue weighted by atomic mass is 16.5. The Morgan fingerprint density at radius 2 is 1.59 bits per heavy atom. The standard InChI is InChI=1S/C24H28N4O4/c1-4-9-26-10-12-27(13-11-26)24(30)22-20-7-5-6-8-21(20)23(29)28(25-22)17-14-18(31-2)16-19(15-17)32-3/h5-8,14-16H,4,9-13H2,1-3H3. The van der Waals surface area contributed by atoms with Gasteiger partial charge >= 0.3 is 0 Å². The molecule has 32 heavy (non-hydrogen) atoms. The van der Waals surface area contributed by atoms with Gasteiger partial charge < -0.3 is 14.4 Å². The molecule has 1 amide bonds. The summed E-state index contributed by atoms with van der Waals surface area (Å²) in [6.45, 7) is 6.15. The molecule has 4 rings (SSSR count). The molecule has 0 saturated carbocycles. The maximum Gasteiger partial charge on any atom is 0.279 e. The van der Waals surface area contributed by atoms with E-state index in [2.05, 4.69) is 16.9 Å². The maximum atomic E-state index is 13.5. The summed E-state index contributed by atoms with van der Waals surface area (Å²) in [6, 6.07) is 12.2. The van der Waals surface area contributed by atoms with E-state index in [-0.39, 0.29) is 17.2 Å². The van der Waals surface area contributed by atoms with E-state index < -0.39 is 0 Å². The van der Waals surface area contributed by atoms with Crippen molar-refractivity contribution in [2.24, 2.45) is 0 Å². The topological polar surface area (TPSA) is 76.9 Å². The molecule has 1 fully saturated rings. The third-order valence-corrected chi connectivity index (χ3v) is 5.79. The van der Waals surface area contributed by atoms with Crippen molar-refractivity contribution in [3.63, 3.8) is 0 Å². The van der Waals surface area contributed by atoms with Gasteiger partial charge in [-0.1, -0.05) is 25.1 Å². The zero-order valence-corrected chi connectivity index (χ0v) is 18.7. The molecule has 168 valence electrons. The number of fused-ring (bicyclic) bond motifs is 1. The van der Waals surface area contributed by atoms with Crippen molar-refractivity contribution in [2.75, 3.05) is 46.9 Å². The van der Waals surface area contributed by atoms with Gasteiger partial charge in [-0.05, 0) is 19.0 Å². The van der Waals surface area contributed by atoms with Crippen molar-refractivity contribution < 1.29 is 14.3 Å². The number of carbonyl (C=O) groups excluding carboxylic acids is 1. The number of methoxy groups -OCH3 is 2. The Bertz CT molecular complexity index is 1160. The number of benzene rings is 2. The molecule has 3 aromatic rings. The van der Waals surface area contributed by atoms with E-state index in [0.717, 1.165) is 26.1 Å². The van der Waals surface area contributed by atoms with Crippen LogP contribution in [0.2, 0.25) is 0 Å². The molecule has 1 aliphatic rings. The number of hydrogen-bond donors (Lipinski definition) is 0. The highest BCUT2D eigenvalue weighted by Crippen LogP contribution is 2.25. The van der Waals surface area contributed by atoms with Crippen molar-refractivity contribution >= 4 is 16.7 Å². The number of carbonyl (C=O) groups is 1. The van der Waals surface area contributed by atoms with Gasteiger partial charge in [-0.25, -0.2) is 0 Å². The smallest absolute Gasteiger partial charge is 0.279 e. The normalized spacial score (nSPS) is 14.5. The molecule has 0 spiro atoms. The SMILES string of the molecule is CCCN1CCN(C(=O)c2nn(-c3cc(OC)cc(OC)c3)c(=O)c3ccccc23)CC1. The van der Waals surface area contributed by atoms with Crippen molar-refractivity contribution in [2.45, 2.75) is 13.3 Å². The lowest BCUT2D eigenvalue weighted by Gasteiger charge is -2.34. The first-order valence-electron chi connectivity index (χ1n) is 10.8. The van der Waals surface area contributed by atoms with E-state index in [4.69, 9.17) is 9.47 Å². The van der Waals surface area contributed by atoms with Crippen LogP contribution < -0.4 is 15.0 Å². The highest BCUT2D eigenvalue weighted by Gasteiger charge is 2.26. The third kappa shape index (κ3) is 4.18. The largest absolute Gasteiger partial charge is 0.497 e. The van der Waals surface area contributed by atoms with Crippen LogP contribution in [-0.2, 0) is 0 Å². The molecule has 1 saturated heterocycles. The Labute approximate surface area is 187 Å².